The Balaban J connectivity index is 2.33. The second-order valence-electron chi connectivity index (χ2n) is 4.30. The molecule has 0 bridgehead atoms. The highest BCUT2D eigenvalue weighted by atomic mass is 16.2. The Labute approximate surface area is 89.3 Å². The number of benzene rings is 1. The van der Waals surface area contributed by atoms with Crippen molar-refractivity contribution in [2.75, 3.05) is 0 Å². The van der Waals surface area contributed by atoms with E-state index in [0.717, 1.165) is 6.42 Å². The van der Waals surface area contributed by atoms with Gasteiger partial charge in [0.2, 0.25) is 0 Å². The molecule has 1 aromatic carbocycles. The summed E-state index contributed by atoms with van der Waals surface area (Å²) < 4.78 is 0. The predicted octanol–water partition coefficient (Wildman–Crippen LogP) is 2.63. The molecule has 2 rings (SSSR count). The molecule has 1 aliphatic rings. The maximum absolute atomic E-state index is 12.2. The lowest BCUT2D eigenvalue weighted by molar-refractivity contribution is -0.123. The van der Waals surface area contributed by atoms with Crippen molar-refractivity contribution in [2.45, 2.75) is 26.2 Å². The first kappa shape index (κ1) is 10.1. The first-order valence-electron chi connectivity index (χ1n) is 5.28. The van der Waals surface area contributed by atoms with Crippen LogP contribution in [-0.4, -0.2) is 11.6 Å². The Morgan fingerprint density at radius 3 is 2.47 bits per heavy atom. The van der Waals surface area contributed by atoms with Crippen LogP contribution < -0.4 is 0 Å². The summed E-state index contributed by atoms with van der Waals surface area (Å²) in [6.45, 7) is 1.78. The highest BCUT2D eigenvalue weighted by Gasteiger charge is 2.43. The number of hydrogen-bond donors (Lipinski definition) is 0. The van der Waals surface area contributed by atoms with Gasteiger partial charge in [-0.25, -0.2) is 0 Å². The fourth-order valence-corrected chi connectivity index (χ4v) is 2.17. The standard InChI is InChI=1S/C13H14O2/c1-13(9-5-8-11(13)14)12(15)10-6-3-2-4-7-10/h2-4,6-7H,5,8-9H2,1H3. The molecule has 78 valence electrons. The van der Waals surface area contributed by atoms with Gasteiger partial charge in [0.15, 0.2) is 5.78 Å². The van der Waals surface area contributed by atoms with Gasteiger partial charge in [-0.05, 0) is 19.8 Å². The van der Waals surface area contributed by atoms with Gasteiger partial charge in [-0.2, -0.15) is 0 Å². The van der Waals surface area contributed by atoms with E-state index in [4.69, 9.17) is 0 Å². The van der Waals surface area contributed by atoms with Crippen molar-refractivity contribution in [3.63, 3.8) is 0 Å². The number of hydrogen-bond acceptors (Lipinski definition) is 2. The Kier molecular flexibility index (Phi) is 2.43. The van der Waals surface area contributed by atoms with E-state index in [0.29, 0.717) is 18.4 Å². The minimum absolute atomic E-state index is 0.0226. The van der Waals surface area contributed by atoms with Crippen molar-refractivity contribution >= 4 is 11.6 Å². The second-order valence-corrected chi connectivity index (χ2v) is 4.30. The third kappa shape index (κ3) is 1.60. The average Bonchev–Trinajstić information content (AvgIpc) is 2.61. The summed E-state index contributed by atoms with van der Waals surface area (Å²) in [7, 11) is 0. The molecule has 0 N–H and O–H groups in total. The molecule has 2 heteroatoms. The van der Waals surface area contributed by atoms with E-state index >= 15 is 0 Å². The molecule has 0 aliphatic heterocycles. The molecule has 1 unspecified atom stereocenters. The summed E-state index contributed by atoms with van der Waals surface area (Å²) in [5.41, 5.74) is -0.114. The largest absolute Gasteiger partial charge is 0.299 e. The van der Waals surface area contributed by atoms with Gasteiger partial charge in [0.1, 0.15) is 5.78 Å². The zero-order valence-electron chi connectivity index (χ0n) is 8.82. The molecular weight excluding hydrogens is 188 g/mol. The maximum atomic E-state index is 12.2. The van der Waals surface area contributed by atoms with Gasteiger partial charge in [-0.1, -0.05) is 30.3 Å². The molecule has 0 radical (unpaired) electrons. The highest BCUT2D eigenvalue weighted by molar-refractivity contribution is 6.15. The topological polar surface area (TPSA) is 34.1 Å². The third-order valence-corrected chi connectivity index (χ3v) is 3.23. The van der Waals surface area contributed by atoms with Crippen LogP contribution in [0, 0.1) is 5.41 Å². The van der Waals surface area contributed by atoms with Crippen LogP contribution in [0.2, 0.25) is 0 Å². The Morgan fingerprint density at radius 1 is 1.27 bits per heavy atom. The number of Topliss-reactive ketones (excluding diaryl/α,β-unsaturated/α-hetero) is 2. The number of rotatable bonds is 2. The summed E-state index contributed by atoms with van der Waals surface area (Å²) >= 11 is 0. The van der Waals surface area contributed by atoms with Crippen LogP contribution in [0.5, 0.6) is 0 Å². The molecular formula is C13H14O2. The molecule has 1 fully saturated rings. The first-order valence-corrected chi connectivity index (χ1v) is 5.28. The molecule has 0 spiro atoms. The van der Waals surface area contributed by atoms with E-state index < -0.39 is 5.41 Å². The van der Waals surface area contributed by atoms with Gasteiger partial charge in [-0.3, -0.25) is 9.59 Å². The predicted molar refractivity (Wildman–Crippen MR) is 57.7 cm³/mol. The van der Waals surface area contributed by atoms with Gasteiger partial charge < -0.3 is 0 Å². The van der Waals surface area contributed by atoms with Gasteiger partial charge in [0, 0.05) is 12.0 Å². The minimum Gasteiger partial charge on any atom is -0.299 e. The molecule has 2 nitrogen and oxygen atoms in total. The molecule has 0 amide bonds. The Hall–Kier alpha value is -1.44. The van der Waals surface area contributed by atoms with Crippen molar-refractivity contribution in [3.05, 3.63) is 35.9 Å². The van der Waals surface area contributed by atoms with Crippen LogP contribution in [0.4, 0.5) is 0 Å². The monoisotopic (exact) mass is 202 g/mol. The van der Waals surface area contributed by atoms with Gasteiger partial charge in [0.25, 0.3) is 0 Å². The van der Waals surface area contributed by atoms with Gasteiger partial charge >= 0.3 is 0 Å². The van der Waals surface area contributed by atoms with Crippen LogP contribution in [0.25, 0.3) is 0 Å². The number of ketones is 2. The molecule has 1 aromatic rings. The van der Waals surface area contributed by atoms with Crippen molar-refractivity contribution in [2.24, 2.45) is 5.41 Å². The van der Waals surface area contributed by atoms with Crippen molar-refractivity contribution < 1.29 is 9.59 Å². The van der Waals surface area contributed by atoms with Crippen LogP contribution >= 0.6 is 0 Å². The van der Waals surface area contributed by atoms with Crippen molar-refractivity contribution in [1.29, 1.82) is 0 Å². The lowest BCUT2D eigenvalue weighted by atomic mass is 9.80. The maximum Gasteiger partial charge on any atom is 0.176 e. The van der Waals surface area contributed by atoms with Gasteiger partial charge in [0.05, 0.1) is 5.41 Å². The van der Waals surface area contributed by atoms with E-state index in [-0.39, 0.29) is 11.6 Å². The molecule has 0 heterocycles. The number of carbonyl (C=O) groups is 2. The molecule has 1 aliphatic carbocycles. The van der Waals surface area contributed by atoms with Gasteiger partial charge in [-0.15, -0.1) is 0 Å². The molecule has 15 heavy (non-hydrogen) atoms. The Bertz CT molecular complexity index is 394. The quantitative estimate of drug-likeness (QED) is 0.545. The SMILES string of the molecule is CC1(C(=O)c2ccccc2)CCCC1=O. The molecule has 1 saturated carbocycles. The zero-order chi connectivity index (χ0) is 10.9. The molecule has 0 aromatic heterocycles. The van der Waals surface area contributed by atoms with Crippen molar-refractivity contribution in [1.82, 2.24) is 0 Å². The zero-order valence-corrected chi connectivity index (χ0v) is 8.82. The number of carbonyl (C=O) groups excluding carboxylic acids is 2. The lowest BCUT2D eigenvalue weighted by Crippen LogP contribution is -2.31. The van der Waals surface area contributed by atoms with E-state index in [1.807, 2.05) is 18.2 Å². The van der Waals surface area contributed by atoms with E-state index in [9.17, 15) is 9.59 Å². The summed E-state index contributed by atoms with van der Waals surface area (Å²) in [4.78, 5) is 23.8. The highest BCUT2D eigenvalue weighted by Crippen LogP contribution is 2.37. The van der Waals surface area contributed by atoms with Crippen LogP contribution in [0.15, 0.2) is 30.3 Å². The second kappa shape index (κ2) is 3.61. The summed E-state index contributed by atoms with van der Waals surface area (Å²) in [5.74, 6) is 0.0713. The lowest BCUT2D eigenvalue weighted by Gasteiger charge is -2.19. The smallest absolute Gasteiger partial charge is 0.176 e. The normalized spacial score (nSPS) is 25.5. The summed E-state index contributed by atoms with van der Waals surface area (Å²) in [6, 6.07) is 9.08. The molecule has 0 saturated heterocycles. The Morgan fingerprint density at radius 2 is 1.93 bits per heavy atom. The first-order chi connectivity index (χ1) is 7.14. The van der Waals surface area contributed by atoms with Crippen LogP contribution in [0.1, 0.15) is 36.5 Å². The summed E-state index contributed by atoms with van der Waals surface area (Å²) in [6.07, 6.45) is 2.09. The summed E-state index contributed by atoms with van der Waals surface area (Å²) in [5, 5.41) is 0. The minimum atomic E-state index is -0.763. The van der Waals surface area contributed by atoms with E-state index in [2.05, 4.69) is 0 Å². The van der Waals surface area contributed by atoms with Crippen LogP contribution in [0.3, 0.4) is 0 Å². The van der Waals surface area contributed by atoms with E-state index in [1.54, 1.807) is 19.1 Å². The van der Waals surface area contributed by atoms with Crippen molar-refractivity contribution in [3.8, 4) is 0 Å². The van der Waals surface area contributed by atoms with Crippen LogP contribution in [-0.2, 0) is 4.79 Å². The average molecular weight is 202 g/mol. The fraction of sp³-hybridized carbons (Fsp3) is 0.385. The molecule has 1 atom stereocenters. The van der Waals surface area contributed by atoms with E-state index in [1.165, 1.54) is 0 Å². The third-order valence-electron chi connectivity index (χ3n) is 3.23. The fourth-order valence-electron chi connectivity index (χ4n) is 2.17.